The van der Waals surface area contributed by atoms with Crippen molar-refractivity contribution in [3.8, 4) is 11.5 Å². The smallest absolute Gasteiger partial charge is 0.240 e. The molecule has 0 heterocycles. The van der Waals surface area contributed by atoms with Gasteiger partial charge in [0.25, 0.3) is 0 Å². The van der Waals surface area contributed by atoms with E-state index in [-0.39, 0.29) is 11.4 Å². The van der Waals surface area contributed by atoms with Crippen molar-refractivity contribution >= 4 is 10.0 Å². The zero-order chi connectivity index (χ0) is 17.6. The van der Waals surface area contributed by atoms with Gasteiger partial charge in [-0.2, -0.15) is 0 Å². The summed E-state index contributed by atoms with van der Waals surface area (Å²) in [5, 5.41) is 0. The van der Waals surface area contributed by atoms with E-state index in [1.54, 1.807) is 37.4 Å². The zero-order valence-electron chi connectivity index (χ0n) is 14.2. The molecule has 2 aromatic rings. The van der Waals surface area contributed by atoms with Crippen molar-refractivity contribution < 1.29 is 17.9 Å². The molecule has 0 saturated carbocycles. The van der Waals surface area contributed by atoms with Crippen molar-refractivity contribution in [1.29, 1.82) is 0 Å². The number of benzene rings is 2. The summed E-state index contributed by atoms with van der Waals surface area (Å²) in [5.74, 6) is 1.72. The first kappa shape index (κ1) is 18.3. The van der Waals surface area contributed by atoms with E-state index in [2.05, 4.69) is 18.6 Å². The quantitative estimate of drug-likeness (QED) is 0.795. The minimum atomic E-state index is -3.59. The molecule has 0 aromatic heterocycles. The lowest BCUT2D eigenvalue weighted by molar-refractivity contribution is 0.271. The molecule has 2 rings (SSSR count). The van der Waals surface area contributed by atoms with Crippen LogP contribution >= 0.6 is 0 Å². The van der Waals surface area contributed by atoms with Crippen LogP contribution in [0.15, 0.2) is 53.4 Å². The van der Waals surface area contributed by atoms with Crippen LogP contribution in [0.2, 0.25) is 0 Å². The summed E-state index contributed by atoms with van der Waals surface area (Å²) in [5.41, 5.74) is 0.778. The van der Waals surface area contributed by atoms with Crippen molar-refractivity contribution in [3.05, 3.63) is 54.1 Å². The van der Waals surface area contributed by atoms with Gasteiger partial charge in [0, 0.05) is 12.1 Å². The molecule has 0 bridgehead atoms. The number of nitrogens with one attached hydrogen (secondary N) is 1. The molecule has 5 nitrogen and oxygen atoms in total. The molecule has 0 unspecified atom stereocenters. The van der Waals surface area contributed by atoms with E-state index in [0.717, 1.165) is 5.56 Å². The van der Waals surface area contributed by atoms with Crippen LogP contribution in [0, 0.1) is 5.92 Å². The summed E-state index contributed by atoms with van der Waals surface area (Å²) in [6.07, 6.45) is 0. The maximum atomic E-state index is 12.4. The fourth-order valence-electron chi connectivity index (χ4n) is 2.08. The number of ether oxygens (including phenoxy) is 2. The summed E-state index contributed by atoms with van der Waals surface area (Å²) in [6, 6.07) is 13.7. The molecule has 0 amide bonds. The maximum Gasteiger partial charge on any atom is 0.240 e. The lowest BCUT2D eigenvalue weighted by Gasteiger charge is -2.11. The van der Waals surface area contributed by atoms with Gasteiger partial charge in [0.05, 0.1) is 18.6 Å². The SMILES string of the molecule is COc1ccccc1CNS(=O)(=O)c1ccc(OCC(C)C)cc1. The number of hydrogen-bond donors (Lipinski definition) is 1. The Morgan fingerprint density at radius 2 is 1.71 bits per heavy atom. The van der Waals surface area contributed by atoms with E-state index in [1.165, 1.54) is 0 Å². The van der Waals surface area contributed by atoms with E-state index in [4.69, 9.17) is 9.47 Å². The molecule has 0 aliphatic heterocycles. The highest BCUT2D eigenvalue weighted by Crippen LogP contribution is 2.19. The first-order valence-corrected chi connectivity index (χ1v) is 9.25. The topological polar surface area (TPSA) is 64.6 Å². The number of para-hydroxylation sites is 1. The van der Waals surface area contributed by atoms with Crippen LogP contribution in [0.5, 0.6) is 11.5 Å². The molecule has 0 saturated heterocycles. The van der Waals surface area contributed by atoms with Crippen molar-refractivity contribution in [2.75, 3.05) is 13.7 Å². The van der Waals surface area contributed by atoms with Crippen molar-refractivity contribution in [3.63, 3.8) is 0 Å². The predicted octanol–water partition coefficient (Wildman–Crippen LogP) is 3.21. The molecule has 6 heteroatoms. The summed E-state index contributed by atoms with van der Waals surface area (Å²) in [4.78, 5) is 0.203. The number of hydrogen-bond acceptors (Lipinski definition) is 4. The predicted molar refractivity (Wildman–Crippen MR) is 93.8 cm³/mol. The zero-order valence-corrected chi connectivity index (χ0v) is 15.0. The average Bonchev–Trinajstić information content (AvgIpc) is 2.59. The minimum absolute atomic E-state index is 0.165. The van der Waals surface area contributed by atoms with Crippen molar-refractivity contribution in [2.45, 2.75) is 25.3 Å². The lowest BCUT2D eigenvalue weighted by atomic mass is 10.2. The minimum Gasteiger partial charge on any atom is -0.496 e. The summed E-state index contributed by atoms with van der Waals surface area (Å²) in [6.45, 7) is 4.87. The second kappa shape index (κ2) is 8.17. The second-order valence-electron chi connectivity index (χ2n) is 5.81. The Kier molecular flexibility index (Phi) is 6.23. The van der Waals surface area contributed by atoms with Gasteiger partial charge >= 0.3 is 0 Å². The first-order valence-electron chi connectivity index (χ1n) is 7.77. The van der Waals surface area contributed by atoms with Gasteiger partial charge in [-0.3, -0.25) is 0 Å². The van der Waals surface area contributed by atoms with Crippen LogP contribution < -0.4 is 14.2 Å². The van der Waals surface area contributed by atoms with Crippen LogP contribution in [0.1, 0.15) is 19.4 Å². The van der Waals surface area contributed by atoms with Gasteiger partial charge in [-0.05, 0) is 36.2 Å². The highest BCUT2D eigenvalue weighted by atomic mass is 32.2. The summed E-state index contributed by atoms with van der Waals surface area (Å²) < 4.78 is 38.2. The normalized spacial score (nSPS) is 11.5. The van der Waals surface area contributed by atoms with Gasteiger partial charge in [0.2, 0.25) is 10.0 Å². The third-order valence-corrected chi connectivity index (χ3v) is 4.78. The molecule has 0 aliphatic carbocycles. The lowest BCUT2D eigenvalue weighted by Crippen LogP contribution is -2.23. The molecule has 0 fully saturated rings. The van der Waals surface area contributed by atoms with Crippen molar-refractivity contribution in [2.24, 2.45) is 5.92 Å². The number of rotatable bonds is 8. The van der Waals surface area contributed by atoms with Gasteiger partial charge in [-0.1, -0.05) is 32.0 Å². The fraction of sp³-hybridized carbons (Fsp3) is 0.333. The highest BCUT2D eigenvalue weighted by molar-refractivity contribution is 7.89. The largest absolute Gasteiger partial charge is 0.496 e. The van der Waals surface area contributed by atoms with Gasteiger partial charge in [0.15, 0.2) is 0 Å². The first-order chi connectivity index (χ1) is 11.4. The molecule has 0 radical (unpaired) electrons. The molecule has 0 spiro atoms. The van der Waals surface area contributed by atoms with Crippen LogP contribution in [0.3, 0.4) is 0 Å². The van der Waals surface area contributed by atoms with Gasteiger partial charge in [0.1, 0.15) is 11.5 Å². The van der Waals surface area contributed by atoms with Crippen LogP contribution in [0.25, 0.3) is 0 Å². The van der Waals surface area contributed by atoms with Gasteiger partial charge in [-0.25, -0.2) is 13.1 Å². The second-order valence-corrected chi connectivity index (χ2v) is 7.58. The van der Waals surface area contributed by atoms with Gasteiger partial charge in [-0.15, -0.1) is 0 Å². The standard InChI is InChI=1S/C18H23NO4S/c1-14(2)13-23-16-8-10-17(11-9-16)24(20,21)19-12-15-6-4-5-7-18(15)22-3/h4-11,14,19H,12-13H2,1-3H3. The Morgan fingerprint density at radius 3 is 2.33 bits per heavy atom. The molecular formula is C18H23NO4S. The third-order valence-electron chi connectivity index (χ3n) is 3.36. The van der Waals surface area contributed by atoms with E-state index in [1.807, 2.05) is 18.2 Å². The molecular weight excluding hydrogens is 326 g/mol. The van der Waals surface area contributed by atoms with E-state index in [9.17, 15) is 8.42 Å². The van der Waals surface area contributed by atoms with Crippen LogP contribution in [-0.4, -0.2) is 22.1 Å². The molecule has 130 valence electrons. The summed E-state index contributed by atoms with van der Waals surface area (Å²) in [7, 11) is -2.03. The number of sulfonamides is 1. The Bertz CT molecular complexity index is 755. The fourth-order valence-corrected chi connectivity index (χ4v) is 3.09. The average molecular weight is 349 g/mol. The van der Waals surface area contributed by atoms with Crippen molar-refractivity contribution in [1.82, 2.24) is 4.72 Å². The monoisotopic (exact) mass is 349 g/mol. The summed E-state index contributed by atoms with van der Waals surface area (Å²) >= 11 is 0. The Balaban J connectivity index is 2.04. The maximum absolute atomic E-state index is 12.4. The molecule has 2 aromatic carbocycles. The Morgan fingerprint density at radius 1 is 1.04 bits per heavy atom. The third kappa shape index (κ3) is 4.97. The van der Waals surface area contributed by atoms with Crippen LogP contribution in [0.4, 0.5) is 0 Å². The van der Waals surface area contributed by atoms with Crippen LogP contribution in [-0.2, 0) is 16.6 Å². The van der Waals surface area contributed by atoms with E-state index in [0.29, 0.717) is 24.0 Å². The Hall–Kier alpha value is -2.05. The van der Waals surface area contributed by atoms with Gasteiger partial charge < -0.3 is 9.47 Å². The molecule has 1 N–H and O–H groups in total. The Labute approximate surface area is 143 Å². The molecule has 0 aliphatic rings. The molecule has 24 heavy (non-hydrogen) atoms. The van der Waals surface area contributed by atoms with E-state index >= 15 is 0 Å². The molecule has 0 atom stereocenters. The van der Waals surface area contributed by atoms with E-state index < -0.39 is 10.0 Å². The number of methoxy groups -OCH3 is 1. The highest BCUT2D eigenvalue weighted by Gasteiger charge is 2.15.